The van der Waals surface area contributed by atoms with E-state index in [4.69, 9.17) is 5.73 Å². The molecule has 0 aliphatic carbocycles. The predicted molar refractivity (Wildman–Crippen MR) is 160 cm³/mol. The summed E-state index contributed by atoms with van der Waals surface area (Å²) in [6.07, 6.45) is 15.9. The lowest BCUT2D eigenvalue weighted by Crippen LogP contribution is -2.44. The molecule has 0 aromatic carbocycles. The number of hydrogen-bond acceptors (Lipinski definition) is 4. The van der Waals surface area contributed by atoms with Gasteiger partial charge in [-0.25, -0.2) is 0 Å². The molecule has 0 unspecified atom stereocenters. The minimum atomic E-state index is -0.509. The van der Waals surface area contributed by atoms with E-state index in [1.807, 2.05) is 39.5 Å². The Balaban J connectivity index is 4.40. The van der Waals surface area contributed by atoms with Gasteiger partial charge < -0.3 is 21.3 Å². The number of hydrogen-bond donors (Lipinski definition) is 3. The molecule has 0 spiro atoms. The zero-order chi connectivity index (χ0) is 28.8. The number of unbranched alkanes of at least 4 members (excludes halogenated alkanes) is 10. The molecule has 0 aliphatic rings. The van der Waals surface area contributed by atoms with Crippen LogP contribution >= 0.6 is 0 Å². The Kier molecular flexibility index (Phi) is 22.3. The number of rotatable bonds is 24. The molecule has 7 nitrogen and oxygen atoms in total. The van der Waals surface area contributed by atoms with E-state index in [-0.39, 0.29) is 29.6 Å². The number of nitrogens with two attached hydrogens (primary N) is 1. The molecule has 0 saturated heterocycles. The van der Waals surface area contributed by atoms with Crippen molar-refractivity contribution in [3.05, 3.63) is 0 Å². The first-order chi connectivity index (χ1) is 18.1. The molecule has 0 bridgehead atoms. The summed E-state index contributed by atoms with van der Waals surface area (Å²) in [5.74, 6) is 0.483. The van der Waals surface area contributed by atoms with Crippen LogP contribution in [0.1, 0.15) is 131 Å². The standard InChI is InChI=1S/C31H62N4O3/c1-7-8-9-10-11-12-13-14-15-16-17-20-28(36)35(23-18-21-33-30(37)27(6)25(2)3)24-19-22-34-31(38)29(32)26(4)5/h25-27,29H,7-24,32H2,1-6H3,(H,33,37)(H,34,38)/t27-,29-/m0/s1. The molecule has 0 radical (unpaired) electrons. The van der Waals surface area contributed by atoms with Crippen molar-refractivity contribution in [2.75, 3.05) is 26.2 Å². The van der Waals surface area contributed by atoms with Crippen LogP contribution in [0.15, 0.2) is 0 Å². The van der Waals surface area contributed by atoms with Crippen LogP contribution in [0.25, 0.3) is 0 Å². The molecule has 7 heteroatoms. The molecule has 0 saturated carbocycles. The normalized spacial score (nSPS) is 13.0. The smallest absolute Gasteiger partial charge is 0.237 e. The summed E-state index contributed by atoms with van der Waals surface area (Å²) >= 11 is 0. The predicted octanol–water partition coefficient (Wildman–Crippen LogP) is 5.80. The summed E-state index contributed by atoms with van der Waals surface area (Å²) in [7, 11) is 0. The maximum atomic E-state index is 13.0. The molecule has 0 aromatic heterocycles. The maximum Gasteiger partial charge on any atom is 0.237 e. The van der Waals surface area contributed by atoms with Gasteiger partial charge in [-0.3, -0.25) is 14.4 Å². The fraction of sp³-hybridized carbons (Fsp3) is 0.903. The van der Waals surface area contributed by atoms with Gasteiger partial charge >= 0.3 is 0 Å². The third-order valence-corrected chi connectivity index (χ3v) is 7.59. The summed E-state index contributed by atoms with van der Waals surface area (Å²) in [4.78, 5) is 39.2. The molecular formula is C31H62N4O3. The highest BCUT2D eigenvalue weighted by atomic mass is 16.2. The molecule has 0 aliphatic heterocycles. The van der Waals surface area contributed by atoms with Gasteiger partial charge in [0.25, 0.3) is 0 Å². The Bertz CT molecular complexity index is 590. The van der Waals surface area contributed by atoms with Gasteiger partial charge in [0.05, 0.1) is 6.04 Å². The summed E-state index contributed by atoms with van der Waals surface area (Å²) in [5.41, 5.74) is 5.92. The van der Waals surface area contributed by atoms with E-state index >= 15 is 0 Å². The Morgan fingerprint density at radius 2 is 1.08 bits per heavy atom. The lowest BCUT2D eigenvalue weighted by Gasteiger charge is -2.24. The number of carbonyl (C=O) groups is 3. The molecular weight excluding hydrogens is 476 g/mol. The third-order valence-electron chi connectivity index (χ3n) is 7.59. The fourth-order valence-corrected chi connectivity index (χ4v) is 4.31. The molecule has 0 aromatic rings. The number of nitrogens with one attached hydrogen (secondary N) is 2. The highest BCUT2D eigenvalue weighted by Gasteiger charge is 2.18. The lowest BCUT2D eigenvalue weighted by atomic mass is 9.97. The lowest BCUT2D eigenvalue weighted by molar-refractivity contribution is -0.131. The van der Waals surface area contributed by atoms with E-state index in [1.54, 1.807) is 0 Å². The zero-order valence-corrected chi connectivity index (χ0v) is 25.8. The van der Waals surface area contributed by atoms with Gasteiger partial charge in [0.1, 0.15) is 0 Å². The fourth-order valence-electron chi connectivity index (χ4n) is 4.31. The highest BCUT2D eigenvalue weighted by molar-refractivity contribution is 5.81. The van der Waals surface area contributed by atoms with Crippen molar-refractivity contribution < 1.29 is 14.4 Å². The summed E-state index contributed by atoms with van der Waals surface area (Å²) in [5, 5.41) is 5.90. The van der Waals surface area contributed by atoms with Crippen molar-refractivity contribution in [2.45, 2.75) is 137 Å². The molecule has 4 N–H and O–H groups in total. The van der Waals surface area contributed by atoms with Crippen LogP contribution in [0.2, 0.25) is 0 Å². The topological polar surface area (TPSA) is 105 Å². The second-order valence-electron chi connectivity index (χ2n) is 11.8. The first-order valence-corrected chi connectivity index (χ1v) is 15.7. The van der Waals surface area contributed by atoms with Crippen LogP contribution in [0, 0.1) is 17.8 Å². The highest BCUT2D eigenvalue weighted by Crippen LogP contribution is 2.13. The monoisotopic (exact) mass is 538 g/mol. The molecule has 2 atom stereocenters. The van der Waals surface area contributed by atoms with Crippen LogP contribution < -0.4 is 16.4 Å². The van der Waals surface area contributed by atoms with Crippen LogP contribution in [-0.2, 0) is 14.4 Å². The minimum Gasteiger partial charge on any atom is -0.356 e. The van der Waals surface area contributed by atoms with Crippen molar-refractivity contribution in [2.24, 2.45) is 23.5 Å². The third kappa shape index (κ3) is 18.6. The van der Waals surface area contributed by atoms with Crippen molar-refractivity contribution >= 4 is 17.7 Å². The number of amides is 3. The van der Waals surface area contributed by atoms with E-state index in [0.717, 1.165) is 19.3 Å². The SMILES string of the molecule is CCCCCCCCCCCCCC(=O)N(CCCNC(=O)[C@@H](C)C(C)C)CCCNC(=O)[C@@H](N)C(C)C. The van der Waals surface area contributed by atoms with E-state index in [2.05, 4.69) is 17.6 Å². The van der Waals surface area contributed by atoms with Crippen LogP contribution in [-0.4, -0.2) is 54.8 Å². The molecule has 3 amide bonds. The van der Waals surface area contributed by atoms with Gasteiger partial charge in [0.2, 0.25) is 17.7 Å². The van der Waals surface area contributed by atoms with E-state index in [1.165, 1.54) is 57.8 Å². The Hall–Kier alpha value is -1.63. The van der Waals surface area contributed by atoms with Gasteiger partial charge in [0, 0.05) is 38.5 Å². The van der Waals surface area contributed by atoms with Gasteiger partial charge in [-0.15, -0.1) is 0 Å². The molecule has 0 heterocycles. The van der Waals surface area contributed by atoms with Gasteiger partial charge in [-0.2, -0.15) is 0 Å². The van der Waals surface area contributed by atoms with Gasteiger partial charge in [-0.1, -0.05) is 106 Å². The summed E-state index contributed by atoms with van der Waals surface area (Å²) in [6, 6.07) is -0.509. The first-order valence-electron chi connectivity index (χ1n) is 15.7. The molecule has 38 heavy (non-hydrogen) atoms. The Morgan fingerprint density at radius 3 is 1.53 bits per heavy atom. The molecule has 0 fully saturated rings. The molecule has 0 rings (SSSR count). The second-order valence-corrected chi connectivity index (χ2v) is 11.8. The van der Waals surface area contributed by atoms with Gasteiger partial charge in [-0.05, 0) is 31.1 Å². The number of carbonyl (C=O) groups excluding carboxylic acids is 3. The summed E-state index contributed by atoms with van der Waals surface area (Å²) < 4.78 is 0. The Morgan fingerprint density at radius 1 is 0.632 bits per heavy atom. The van der Waals surface area contributed by atoms with Crippen molar-refractivity contribution in [1.82, 2.24) is 15.5 Å². The largest absolute Gasteiger partial charge is 0.356 e. The zero-order valence-electron chi connectivity index (χ0n) is 25.8. The van der Waals surface area contributed by atoms with Gasteiger partial charge in [0.15, 0.2) is 0 Å². The van der Waals surface area contributed by atoms with E-state index < -0.39 is 6.04 Å². The second kappa shape index (κ2) is 23.3. The summed E-state index contributed by atoms with van der Waals surface area (Å²) in [6.45, 7) is 14.4. The molecule has 224 valence electrons. The van der Waals surface area contributed by atoms with Crippen LogP contribution in [0.5, 0.6) is 0 Å². The van der Waals surface area contributed by atoms with Crippen LogP contribution in [0.3, 0.4) is 0 Å². The van der Waals surface area contributed by atoms with Crippen molar-refractivity contribution in [1.29, 1.82) is 0 Å². The average molecular weight is 539 g/mol. The van der Waals surface area contributed by atoms with Crippen molar-refractivity contribution in [3.8, 4) is 0 Å². The minimum absolute atomic E-state index is 0.0189. The quantitative estimate of drug-likeness (QED) is 0.135. The van der Waals surface area contributed by atoms with E-state index in [9.17, 15) is 14.4 Å². The van der Waals surface area contributed by atoms with Crippen LogP contribution in [0.4, 0.5) is 0 Å². The maximum absolute atomic E-state index is 13.0. The number of nitrogens with zero attached hydrogens (tertiary/aromatic N) is 1. The average Bonchev–Trinajstić information content (AvgIpc) is 2.89. The first kappa shape index (κ1) is 36.4. The Labute approximate surface area is 234 Å². The van der Waals surface area contributed by atoms with Crippen molar-refractivity contribution in [3.63, 3.8) is 0 Å². The van der Waals surface area contributed by atoms with E-state index in [0.29, 0.717) is 44.9 Å².